The van der Waals surface area contributed by atoms with Crippen LogP contribution in [0, 0.1) is 0 Å². The Morgan fingerprint density at radius 1 is 1.18 bits per heavy atom. The first-order chi connectivity index (χ1) is 13.4. The molecule has 5 nitrogen and oxygen atoms in total. The van der Waals surface area contributed by atoms with Crippen molar-refractivity contribution in [3.8, 4) is 5.75 Å². The number of methoxy groups -OCH3 is 1. The van der Waals surface area contributed by atoms with Gasteiger partial charge in [-0.25, -0.2) is 0 Å². The van der Waals surface area contributed by atoms with Gasteiger partial charge in [-0.2, -0.15) is 0 Å². The van der Waals surface area contributed by atoms with Crippen LogP contribution in [0.4, 0.5) is 5.69 Å². The summed E-state index contributed by atoms with van der Waals surface area (Å²) in [6.07, 6.45) is 2.02. The van der Waals surface area contributed by atoms with E-state index >= 15 is 0 Å². The van der Waals surface area contributed by atoms with Crippen LogP contribution in [-0.4, -0.2) is 24.1 Å². The van der Waals surface area contributed by atoms with Crippen LogP contribution in [-0.2, 0) is 21.5 Å². The number of allylic oxidation sites excluding steroid dienone is 2. The van der Waals surface area contributed by atoms with Crippen LogP contribution in [0.25, 0.3) is 0 Å². The van der Waals surface area contributed by atoms with Gasteiger partial charge in [-0.05, 0) is 49.6 Å². The Morgan fingerprint density at radius 2 is 1.89 bits per heavy atom. The number of amides is 1. The predicted molar refractivity (Wildman–Crippen MR) is 109 cm³/mol. The highest BCUT2D eigenvalue weighted by atomic mass is 16.5. The summed E-state index contributed by atoms with van der Waals surface area (Å²) in [7, 11) is 1.56. The topological polar surface area (TPSA) is 66.8 Å². The molecule has 0 bridgehead atoms. The standard InChI is InChI=1S/C23H25NO4/c1-16(2)11-12-23(14-21(25)26)19-13-18(28-3)9-10-20(19)24(22(23)27)15-17-7-5-4-6-8-17/h4-11,13H,12,14-15H2,1-3H3,(H,25,26)/t23-/m0/s1. The fraction of sp³-hybridized carbons (Fsp3) is 0.304. The molecule has 1 heterocycles. The van der Waals surface area contributed by atoms with Gasteiger partial charge in [-0.3, -0.25) is 9.59 Å². The van der Waals surface area contributed by atoms with Crippen LogP contribution in [0.5, 0.6) is 5.75 Å². The van der Waals surface area contributed by atoms with Crippen molar-refractivity contribution in [1.82, 2.24) is 0 Å². The van der Waals surface area contributed by atoms with E-state index in [1.807, 2.05) is 62.4 Å². The normalized spacial score (nSPS) is 18.0. The van der Waals surface area contributed by atoms with Crippen molar-refractivity contribution in [2.24, 2.45) is 0 Å². The van der Waals surface area contributed by atoms with Crippen LogP contribution < -0.4 is 9.64 Å². The predicted octanol–water partition coefficient (Wildman–Crippen LogP) is 4.31. The molecule has 0 radical (unpaired) electrons. The molecule has 5 heteroatoms. The van der Waals surface area contributed by atoms with E-state index in [4.69, 9.17) is 4.74 Å². The number of carbonyl (C=O) groups excluding carboxylic acids is 1. The molecule has 1 aliphatic heterocycles. The van der Waals surface area contributed by atoms with Gasteiger partial charge in [0.05, 0.1) is 25.5 Å². The molecule has 2 aromatic rings. The molecule has 2 aromatic carbocycles. The maximum atomic E-state index is 13.6. The number of anilines is 1. The van der Waals surface area contributed by atoms with Crippen LogP contribution in [0.3, 0.4) is 0 Å². The Labute approximate surface area is 165 Å². The molecule has 1 aliphatic rings. The lowest BCUT2D eigenvalue weighted by molar-refractivity contribution is -0.141. The lowest BCUT2D eigenvalue weighted by Gasteiger charge is -2.26. The number of hydrogen-bond donors (Lipinski definition) is 1. The summed E-state index contributed by atoms with van der Waals surface area (Å²) in [6.45, 7) is 4.29. The van der Waals surface area contributed by atoms with Gasteiger partial charge in [-0.15, -0.1) is 0 Å². The molecule has 28 heavy (non-hydrogen) atoms. The minimum atomic E-state index is -1.14. The van der Waals surface area contributed by atoms with Gasteiger partial charge in [0, 0.05) is 5.69 Å². The van der Waals surface area contributed by atoms with Crippen LogP contribution in [0.1, 0.15) is 37.8 Å². The average molecular weight is 379 g/mol. The van der Waals surface area contributed by atoms with Crippen molar-refractivity contribution >= 4 is 17.6 Å². The summed E-state index contributed by atoms with van der Waals surface area (Å²) < 4.78 is 5.36. The Bertz CT molecular complexity index is 915. The summed E-state index contributed by atoms with van der Waals surface area (Å²) in [5.74, 6) is -0.564. The number of nitrogens with zero attached hydrogens (tertiary/aromatic N) is 1. The number of aliphatic carboxylic acids is 1. The van der Waals surface area contributed by atoms with Crippen molar-refractivity contribution in [3.63, 3.8) is 0 Å². The van der Waals surface area contributed by atoms with Crippen molar-refractivity contribution in [2.75, 3.05) is 12.0 Å². The molecule has 1 atom stereocenters. The SMILES string of the molecule is COc1ccc2c(c1)[C@](CC=C(C)C)(CC(=O)O)C(=O)N2Cc1ccccc1. The molecule has 3 rings (SSSR count). The highest BCUT2D eigenvalue weighted by molar-refractivity contribution is 6.10. The average Bonchev–Trinajstić information content (AvgIpc) is 2.89. The van der Waals surface area contributed by atoms with Gasteiger partial charge >= 0.3 is 5.97 Å². The van der Waals surface area contributed by atoms with E-state index in [1.54, 1.807) is 18.1 Å². The quantitative estimate of drug-likeness (QED) is 0.728. The van der Waals surface area contributed by atoms with Crippen LogP contribution in [0.15, 0.2) is 60.2 Å². The largest absolute Gasteiger partial charge is 0.497 e. The number of carboxylic acids is 1. The molecule has 1 N–H and O–H groups in total. The fourth-order valence-corrected chi connectivity index (χ4v) is 3.74. The summed E-state index contributed by atoms with van der Waals surface area (Å²) in [4.78, 5) is 27.1. The number of fused-ring (bicyclic) bond motifs is 1. The molecule has 0 fully saturated rings. The smallest absolute Gasteiger partial charge is 0.304 e. The second-order valence-electron chi connectivity index (χ2n) is 7.40. The summed E-state index contributed by atoms with van der Waals surface area (Å²) in [6, 6.07) is 15.2. The summed E-state index contributed by atoms with van der Waals surface area (Å²) in [5, 5.41) is 9.63. The molecule has 0 aromatic heterocycles. The van der Waals surface area contributed by atoms with E-state index in [2.05, 4.69) is 0 Å². The minimum absolute atomic E-state index is 0.181. The van der Waals surface area contributed by atoms with Crippen molar-refractivity contribution in [2.45, 2.75) is 38.6 Å². The van der Waals surface area contributed by atoms with Gasteiger partial charge in [0.2, 0.25) is 5.91 Å². The van der Waals surface area contributed by atoms with Crippen molar-refractivity contribution in [3.05, 3.63) is 71.3 Å². The van der Waals surface area contributed by atoms with Crippen LogP contribution in [0.2, 0.25) is 0 Å². The maximum absolute atomic E-state index is 13.6. The number of rotatable bonds is 7. The number of carbonyl (C=O) groups is 2. The highest BCUT2D eigenvalue weighted by Gasteiger charge is 2.51. The number of hydrogen-bond acceptors (Lipinski definition) is 3. The molecule has 0 saturated heterocycles. The van der Waals surface area contributed by atoms with Gasteiger partial charge < -0.3 is 14.7 Å². The van der Waals surface area contributed by atoms with E-state index in [-0.39, 0.29) is 12.3 Å². The maximum Gasteiger partial charge on any atom is 0.304 e. The summed E-state index contributed by atoms with van der Waals surface area (Å²) in [5.41, 5.74) is 2.36. The molecule has 0 aliphatic carbocycles. The third-order valence-corrected chi connectivity index (χ3v) is 5.16. The lowest BCUT2D eigenvalue weighted by atomic mass is 9.75. The second kappa shape index (κ2) is 7.89. The van der Waals surface area contributed by atoms with Crippen LogP contribution >= 0.6 is 0 Å². The number of carboxylic acid groups (broad SMARTS) is 1. The zero-order chi connectivity index (χ0) is 20.3. The Kier molecular flexibility index (Phi) is 5.54. The Balaban J connectivity index is 2.15. The molecule has 0 unspecified atom stereocenters. The third-order valence-electron chi connectivity index (χ3n) is 5.16. The van der Waals surface area contributed by atoms with E-state index in [1.165, 1.54) is 0 Å². The molecule has 0 spiro atoms. The fourth-order valence-electron chi connectivity index (χ4n) is 3.74. The van der Waals surface area contributed by atoms with E-state index < -0.39 is 11.4 Å². The second-order valence-corrected chi connectivity index (χ2v) is 7.40. The van der Waals surface area contributed by atoms with E-state index in [9.17, 15) is 14.7 Å². The molecular formula is C23H25NO4. The first-order valence-corrected chi connectivity index (χ1v) is 9.27. The number of benzene rings is 2. The van der Waals surface area contributed by atoms with Gasteiger partial charge in [0.15, 0.2) is 0 Å². The van der Waals surface area contributed by atoms with Gasteiger partial charge in [-0.1, -0.05) is 42.0 Å². The Morgan fingerprint density at radius 3 is 2.50 bits per heavy atom. The lowest BCUT2D eigenvalue weighted by Crippen LogP contribution is -2.41. The van der Waals surface area contributed by atoms with Crippen molar-refractivity contribution < 1.29 is 19.4 Å². The molecule has 0 saturated carbocycles. The summed E-state index contributed by atoms with van der Waals surface area (Å²) >= 11 is 0. The molecular weight excluding hydrogens is 354 g/mol. The van der Waals surface area contributed by atoms with Gasteiger partial charge in [0.1, 0.15) is 5.75 Å². The third kappa shape index (κ3) is 3.65. The zero-order valence-electron chi connectivity index (χ0n) is 16.4. The first kappa shape index (κ1) is 19.7. The highest BCUT2D eigenvalue weighted by Crippen LogP contribution is 2.48. The number of ether oxygens (including phenoxy) is 1. The van der Waals surface area contributed by atoms with Crippen molar-refractivity contribution in [1.29, 1.82) is 0 Å². The zero-order valence-corrected chi connectivity index (χ0v) is 16.4. The molecule has 146 valence electrons. The first-order valence-electron chi connectivity index (χ1n) is 9.27. The molecule has 1 amide bonds. The van der Waals surface area contributed by atoms with E-state index in [0.29, 0.717) is 24.3 Å². The monoisotopic (exact) mass is 379 g/mol. The van der Waals surface area contributed by atoms with E-state index in [0.717, 1.165) is 16.8 Å². The van der Waals surface area contributed by atoms with Gasteiger partial charge in [0.25, 0.3) is 0 Å². The Hall–Kier alpha value is -3.08. The minimum Gasteiger partial charge on any atom is -0.497 e.